The first kappa shape index (κ1) is 13.9. The van der Waals surface area contributed by atoms with Crippen molar-refractivity contribution in [1.29, 1.82) is 0 Å². The third kappa shape index (κ3) is 3.25. The fraction of sp³-hybridized carbons (Fsp3) is 0.308. The maximum absolute atomic E-state index is 11.8. The number of aromatic amines is 1. The van der Waals surface area contributed by atoms with E-state index >= 15 is 0 Å². The largest absolute Gasteiger partial charge is 0.343 e. The Hall–Kier alpha value is -2.57. The quantitative estimate of drug-likeness (QED) is 0.765. The molecule has 2 aromatic rings. The zero-order chi connectivity index (χ0) is 14.5. The van der Waals surface area contributed by atoms with E-state index in [4.69, 9.17) is 0 Å². The van der Waals surface area contributed by atoms with Gasteiger partial charge in [-0.25, -0.2) is 14.7 Å². The van der Waals surface area contributed by atoms with Crippen molar-refractivity contribution in [3.63, 3.8) is 0 Å². The minimum Gasteiger partial charge on any atom is -0.332 e. The molecule has 3 N–H and O–H groups in total. The number of nitrogens with zero attached hydrogens (tertiary/aromatic N) is 2. The van der Waals surface area contributed by atoms with Crippen LogP contribution in [0, 0.1) is 0 Å². The van der Waals surface area contributed by atoms with E-state index in [1.54, 1.807) is 7.05 Å². The van der Waals surface area contributed by atoms with Gasteiger partial charge in [0.15, 0.2) is 5.82 Å². The molecule has 7 nitrogen and oxygen atoms in total. The monoisotopic (exact) mass is 275 g/mol. The Morgan fingerprint density at radius 1 is 1.40 bits per heavy atom. The number of hydrogen-bond acceptors (Lipinski definition) is 3. The van der Waals surface area contributed by atoms with E-state index in [1.807, 2.05) is 37.3 Å². The summed E-state index contributed by atoms with van der Waals surface area (Å²) in [4.78, 5) is 22.9. The van der Waals surface area contributed by atoms with Crippen molar-refractivity contribution in [2.75, 3.05) is 0 Å². The molecular weight excluding hydrogens is 258 g/mol. The van der Waals surface area contributed by atoms with Gasteiger partial charge in [0.05, 0.1) is 12.6 Å². The van der Waals surface area contributed by atoms with Crippen LogP contribution in [0.4, 0.5) is 4.79 Å². The molecule has 0 aliphatic heterocycles. The van der Waals surface area contributed by atoms with Gasteiger partial charge in [0.25, 0.3) is 0 Å². The summed E-state index contributed by atoms with van der Waals surface area (Å²) in [6.45, 7) is 2.09. The number of H-pyrrole nitrogens is 1. The van der Waals surface area contributed by atoms with Crippen LogP contribution in [0.1, 0.15) is 24.4 Å². The summed E-state index contributed by atoms with van der Waals surface area (Å²) >= 11 is 0. The molecule has 0 fully saturated rings. The fourth-order valence-electron chi connectivity index (χ4n) is 1.77. The maximum Gasteiger partial charge on any atom is 0.343 e. The summed E-state index contributed by atoms with van der Waals surface area (Å²) in [5, 5.41) is 11.6. The van der Waals surface area contributed by atoms with E-state index in [2.05, 4.69) is 20.8 Å². The van der Waals surface area contributed by atoms with E-state index in [0.29, 0.717) is 5.82 Å². The number of carbonyl (C=O) groups is 1. The molecule has 20 heavy (non-hydrogen) atoms. The van der Waals surface area contributed by atoms with Gasteiger partial charge in [0.1, 0.15) is 0 Å². The number of benzene rings is 1. The van der Waals surface area contributed by atoms with Crippen LogP contribution >= 0.6 is 0 Å². The summed E-state index contributed by atoms with van der Waals surface area (Å²) < 4.78 is 1.35. The number of urea groups is 1. The highest BCUT2D eigenvalue weighted by Crippen LogP contribution is 2.10. The van der Waals surface area contributed by atoms with Gasteiger partial charge in [-0.1, -0.05) is 30.3 Å². The van der Waals surface area contributed by atoms with Crippen LogP contribution in [0.3, 0.4) is 0 Å². The minimum atomic E-state index is -0.309. The molecule has 0 saturated heterocycles. The molecule has 1 aromatic carbocycles. The standard InChI is InChI=1S/C13H17N5O2/c1-9(10-6-4-3-5-7-10)15-12(19)14-8-11-16-17-13(20)18(11)2/h3-7,9H,8H2,1-2H3,(H,17,20)(H2,14,15,19). The second-order valence-electron chi connectivity index (χ2n) is 4.46. The molecular formula is C13H17N5O2. The van der Waals surface area contributed by atoms with Gasteiger partial charge >= 0.3 is 11.7 Å². The lowest BCUT2D eigenvalue weighted by Gasteiger charge is -2.14. The Morgan fingerprint density at radius 2 is 2.10 bits per heavy atom. The summed E-state index contributed by atoms with van der Waals surface area (Å²) in [7, 11) is 1.59. The topological polar surface area (TPSA) is 91.8 Å². The lowest BCUT2D eigenvalue weighted by Crippen LogP contribution is -2.37. The lowest BCUT2D eigenvalue weighted by molar-refractivity contribution is 0.237. The second kappa shape index (κ2) is 6.05. The number of nitrogens with one attached hydrogen (secondary N) is 3. The summed E-state index contributed by atoms with van der Waals surface area (Å²) in [5.74, 6) is 0.470. The molecule has 7 heteroatoms. The Kier molecular flexibility index (Phi) is 4.19. The first-order valence-corrected chi connectivity index (χ1v) is 6.27. The van der Waals surface area contributed by atoms with Crippen LogP contribution in [0.5, 0.6) is 0 Å². The van der Waals surface area contributed by atoms with Gasteiger partial charge in [0.2, 0.25) is 0 Å². The Balaban J connectivity index is 1.87. The van der Waals surface area contributed by atoms with Gasteiger partial charge in [-0.05, 0) is 12.5 Å². The average Bonchev–Trinajstić information content (AvgIpc) is 2.77. The molecule has 2 rings (SSSR count). The summed E-state index contributed by atoms with van der Waals surface area (Å²) in [5.41, 5.74) is 0.717. The first-order chi connectivity index (χ1) is 9.58. The zero-order valence-corrected chi connectivity index (χ0v) is 11.4. The molecule has 0 spiro atoms. The van der Waals surface area contributed by atoms with Crippen molar-refractivity contribution >= 4 is 6.03 Å². The Labute approximate surface area is 116 Å². The van der Waals surface area contributed by atoms with Crippen LogP contribution in [-0.4, -0.2) is 20.8 Å². The fourth-order valence-corrected chi connectivity index (χ4v) is 1.77. The van der Waals surface area contributed by atoms with E-state index in [9.17, 15) is 9.59 Å². The van der Waals surface area contributed by atoms with Gasteiger partial charge in [-0.15, -0.1) is 0 Å². The Bertz CT molecular complexity index is 632. The third-order valence-corrected chi connectivity index (χ3v) is 3.03. The molecule has 1 aromatic heterocycles. The highest BCUT2D eigenvalue weighted by Gasteiger charge is 2.10. The molecule has 1 atom stereocenters. The van der Waals surface area contributed by atoms with Crippen molar-refractivity contribution in [3.05, 3.63) is 52.2 Å². The van der Waals surface area contributed by atoms with Crippen LogP contribution in [0.2, 0.25) is 0 Å². The lowest BCUT2D eigenvalue weighted by atomic mass is 10.1. The first-order valence-electron chi connectivity index (χ1n) is 6.27. The highest BCUT2D eigenvalue weighted by atomic mass is 16.2. The van der Waals surface area contributed by atoms with E-state index in [0.717, 1.165) is 5.56 Å². The maximum atomic E-state index is 11.8. The second-order valence-corrected chi connectivity index (χ2v) is 4.46. The van der Waals surface area contributed by atoms with Crippen LogP contribution in [0.15, 0.2) is 35.1 Å². The molecule has 2 amide bonds. The molecule has 0 saturated carbocycles. The van der Waals surface area contributed by atoms with Crippen LogP contribution in [-0.2, 0) is 13.6 Å². The van der Waals surface area contributed by atoms with Crippen molar-refractivity contribution in [2.45, 2.75) is 19.5 Å². The van der Waals surface area contributed by atoms with E-state index in [-0.39, 0.29) is 24.3 Å². The molecule has 1 heterocycles. The predicted molar refractivity (Wildman–Crippen MR) is 74.1 cm³/mol. The van der Waals surface area contributed by atoms with Gasteiger partial charge in [0, 0.05) is 7.05 Å². The molecule has 0 aliphatic carbocycles. The van der Waals surface area contributed by atoms with Gasteiger partial charge in [-0.2, -0.15) is 5.10 Å². The average molecular weight is 275 g/mol. The van der Waals surface area contributed by atoms with Crippen molar-refractivity contribution in [2.24, 2.45) is 7.05 Å². The van der Waals surface area contributed by atoms with Gasteiger partial charge in [-0.3, -0.25) is 4.57 Å². The molecule has 0 bridgehead atoms. The molecule has 0 aliphatic rings. The summed E-state index contributed by atoms with van der Waals surface area (Å²) in [6, 6.07) is 9.26. The van der Waals surface area contributed by atoms with Crippen molar-refractivity contribution < 1.29 is 4.79 Å². The van der Waals surface area contributed by atoms with E-state index < -0.39 is 0 Å². The molecule has 0 radical (unpaired) electrons. The highest BCUT2D eigenvalue weighted by molar-refractivity contribution is 5.74. The Morgan fingerprint density at radius 3 is 2.70 bits per heavy atom. The third-order valence-electron chi connectivity index (χ3n) is 3.03. The number of aromatic nitrogens is 3. The van der Waals surface area contributed by atoms with E-state index in [1.165, 1.54) is 4.57 Å². The van der Waals surface area contributed by atoms with Crippen molar-refractivity contribution in [1.82, 2.24) is 25.4 Å². The number of amides is 2. The van der Waals surface area contributed by atoms with Crippen molar-refractivity contribution in [3.8, 4) is 0 Å². The minimum absolute atomic E-state index is 0.0980. The van der Waals surface area contributed by atoms with Crippen LogP contribution < -0.4 is 16.3 Å². The smallest absolute Gasteiger partial charge is 0.332 e. The van der Waals surface area contributed by atoms with Crippen LogP contribution in [0.25, 0.3) is 0 Å². The normalized spacial score (nSPS) is 11.9. The number of hydrogen-bond donors (Lipinski definition) is 3. The number of carbonyl (C=O) groups excluding carboxylic acids is 1. The SMILES string of the molecule is CC(NC(=O)NCc1n[nH]c(=O)n1C)c1ccccc1. The predicted octanol–water partition coefficient (Wildman–Crippen LogP) is 0.669. The molecule has 106 valence electrons. The zero-order valence-electron chi connectivity index (χ0n) is 11.4. The number of rotatable bonds is 4. The molecule has 1 unspecified atom stereocenters. The van der Waals surface area contributed by atoms with Gasteiger partial charge < -0.3 is 10.6 Å². The summed E-state index contributed by atoms with van der Waals surface area (Å²) in [6.07, 6.45) is 0.